The highest BCUT2D eigenvalue weighted by molar-refractivity contribution is 7.99. The van der Waals surface area contributed by atoms with Gasteiger partial charge in [-0.05, 0) is 18.6 Å². The average molecular weight is 351 g/mol. The Balaban J connectivity index is 2.20. The molecule has 0 unspecified atom stereocenters. The molecular formula is C16H21N3O4S. The lowest BCUT2D eigenvalue weighted by Gasteiger charge is -2.12. The predicted octanol–water partition coefficient (Wildman–Crippen LogP) is 0.634. The zero-order valence-electron chi connectivity index (χ0n) is 13.5. The van der Waals surface area contributed by atoms with Crippen LogP contribution in [0.15, 0.2) is 34.2 Å². The summed E-state index contributed by atoms with van der Waals surface area (Å²) >= 11 is 1.21. The first-order valence-corrected chi connectivity index (χ1v) is 8.64. The quantitative estimate of drug-likeness (QED) is 0.391. The van der Waals surface area contributed by atoms with Crippen molar-refractivity contribution in [3.8, 4) is 0 Å². The minimum absolute atomic E-state index is 0.0130. The maximum absolute atomic E-state index is 12.6. The van der Waals surface area contributed by atoms with E-state index in [1.54, 1.807) is 25.3 Å². The van der Waals surface area contributed by atoms with Gasteiger partial charge in [0.1, 0.15) is 0 Å². The number of rotatable bonds is 9. The maximum atomic E-state index is 12.6. The minimum Gasteiger partial charge on any atom is -0.396 e. The molecule has 1 aromatic heterocycles. The number of fused-ring (bicyclic) bond motifs is 1. The molecule has 0 fully saturated rings. The van der Waals surface area contributed by atoms with Crippen molar-refractivity contribution in [1.29, 1.82) is 0 Å². The third-order valence-corrected chi connectivity index (χ3v) is 4.30. The van der Waals surface area contributed by atoms with Gasteiger partial charge in [0.2, 0.25) is 5.91 Å². The summed E-state index contributed by atoms with van der Waals surface area (Å²) in [7, 11) is 1.57. The summed E-state index contributed by atoms with van der Waals surface area (Å²) in [4.78, 5) is 28.9. The largest absolute Gasteiger partial charge is 0.396 e. The summed E-state index contributed by atoms with van der Waals surface area (Å²) in [6.45, 7) is 1.24. The lowest BCUT2D eigenvalue weighted by Crippen LogP contribution is -2.29. The number of hydrogen-bond acceptors (Lipinski definition) is 6. The Labute approximate surface area is 144 Å². The molecule has 2 N–H and O–H groups in total. The molecule has 1 heterocycles. The van der Waals surface area contributed by atoms with Crippen LogP contribution < -0.4 is 10.9 Å². The van der Waals surface area contributed by atoms with Crippen LogP contribution in [0.1, 0.15) is 6.42 Å². The van der Waals surface area contributed by atoms with Gasteiger partial charge in [-0.1, -0.05) is 23.9 Å². The van der Waals surface area contributed by atoms with E-state index in [2.05, 4.69) is 10.3 Å². The number of aliphatic hydroxyl groups is 1. The van der Waals surface area contributed by atoms with E-state index in [1.165, 1.54) is 16.3 Å². The number of para-hydroxylation sites is 1. The number of hydrogen-bond donors (Lipinski definition) is 2. The second kappa shape index (κ2) is 9.41. The van der Waals surface area contributed by atoms with Gasteiger partial charge >= 0.3 is 0 Å². The van der Waals surface area contributed by atoms with E-state index in [9.17, 15) is 9.59 Å². The zero-order chi connectivity index (χ0) is 17.4. The van der Waals surface area contributed by atoms with Gasteiger partial charge in [-0.2, -0.15) is 0 Å². The van der Waals surface area contributed by atoms with Crippen molar-refractivity contribution in [3.63, 3.8) is 0 Å². The van der Waals surface area contributed by atoms with Gasteiger partial charge in [0.15, 0.2) is 5.16 Å². The number of methoxy groups -OCH3 is 1. The van der Waals surface area contributed by atoms with E-state index < -0.39 is 0 Å². The number of benzene rings is 1. The molecule has 0 saturated heterocycles. The van der Waals surface area contributed by atoms with E-state index in [4.69, 9.17) is 9.84 Å². The van der Waals surface area contributed by atoms with Crippen LogP contribution in [0.3, 0.4) is 0 Å². The normalized spacial score (nSPS) is 10.9. The SMILES string of the molecule is COCCNC(=O)CSc1nc2ccccc2c(=O)n1CCCO. The summed E-state index contributed by atoms with van der Waals surface area (Å²) in [6.07, 6.45) is 0.452. The van der Waals surface area contributed by atoms with Gasteiger partial charge in [-0.3, -0.25) is 14.2 Å². The highest BCUT2D eigenvalue weighted by Crippen LogP contribution is 2.17. The Morgan fingerprint density at radius 1 is 1.42 bits per heavy atom. The van der Waals surface area contributed by atoms with Crippen LogP contribution in [0.2, 0.25) is 0 Å². The van der Waals surface area contributed by atoms with Crippen molar-refractivity contribution in [1.82, 2.24) is 14.9 Å². The molecule has 7 nitrogen and oxygen atoms in total. The molecular weight excluding hydrogens is 330 g/mol. The number of amides is 1. The molecule has 0 saturated carbocycles. The first-order chi connectivity index (χ1) is 11.7. The summed E-state index contributed by atoms with van der Waals surface area (Å²) in [5.41, 5.74) is 0.446. The predicted molar refractivity (Wildman–Crippen MR) is 93.3 cm³/mol. The number of aromatic nitrogens is 2. The zero-order valence-corrected chi connectivity index (χ0v) is 14.3. The van der Waals surface area contributed by atoms with Crippen LogP contribution in [0, 0.1) is 0 Å². The Bertz CT molecular complexity index is 748. The van der Waals surface area contributed by atoms with Crippen molar-refractivity contribution in [3.05, 3.63) is 34.6 Å². The monoisotopic (exact) mass is 351 g/mol. The number of thioether (sulfide) groups is 1. The van der Waals surface area contributed by atoms with Gasteiger partial charge < -0.3 is 15.2 Å². The van der Waals surface area contributed by atoms with Crippen LogP contribution in [-0.2, 0) is 16.1 Å². The molecule has 0 bridgehead atoms. The molecule has 130 valence electrons. The number of nitrogens with one attached hydrogen (secondary N) is 1. The standard InChI is InChI=1S/C16H21N3O4S/c1-23-10-7-17-14(21)11-24-16-18-13-6-3-2-5-12(13)15(22)19(16)8-4-9-20/h2-3,5-6,20H,4,7-11H2,1H3,(H,17,21). The highest BCUT2D eigenvalue weighted by atomic mass is 32.2. The van der Waals surface area contributed by atoms with E-state index in [1.807, 2.05) is 6.07 Å². The van der Waals surface area contributed by atoms with Gasteiger partial charge in [-0.25, -0.2) is 4.98 Å². The number of carbonyl (C=O) groups is 1. The van der Waals surface area contributed by atoms with Crippen LogP contribution in [0.5, 0.6) is 0 Å². The molecule has 24 heavy (non-hydrogen) atoms. The smallest absolute Gasteiger partial charge is 0.262 e. The minimum atomic E-state index is -0.156. The average Bonchev–Trinajstić information content (AvgIpc) is 2.59. The topological polar surface area (TPSA) is 93.5 Å². The molecule has 2 aromatic rings. The number of ether oxygens (including phenoxy) is 1. The molecule has 0 spiro atoms. The second-order valence-corrected chi connectivity index (χ2v) is 6.02. The van der Waals surface area contributed by atoms with Gasteiger partial charge in [0, 0.05) is 26.8 Å². The number of nitrogens with zero attached hydrogens (tertiary/aromatic N) is 2. The van der Waals surface area contributed by atoms with Crippen LogP contribution in [0.4, 0.5) is 0 Å². The summed E-state index contributed by atoms with van der Waals surface area (Å²) in [6, 6.07) is 7.11. The lowest BCUT2D eigenvalue weighted by molar-refractivity contribution is -0.118. The first kappa shape index (κ1) is 18.4. The number of aliphatic hydroxyl groups excluding tert-OH is 1. The van der Waals surface area contributed by atoms with E-state index in [-0.39, 0.29) is 23.8 Å². The maximum Gasteiger partial charge on any atom is 0.262 e. The fraction of sp³-hybridized carbons (Fsp3) is 0.438. The van der Waals surface area contributed by atoms with E-state index in [0.29, 0.717) is 42.2 Å². The Morgan fingerprint density at radius 2 is 2.21 bits per heavy atom. The van der Waals surface area contributed by atoms with Gasteiger partial charge in [-0.15, -0.1) is 0 Å². The third kappa shape index (κ3) is 4.80. The second-order valence-electron chi connectivity index (χ2n) is 5.08. The lowest BCUT2D eigenvalue weighted by atomic mass is 10.2. The molecule has 0 aliphatic carbocycles. The fourth-order valence-electron chi connectivity index (χ4n) is 2.16. The molecule has 1 amide bonds. The Hall–Kier alpha value is -1.90. The van der Waals surface area contributed by atoms with E-state index in [0.717, 1.165) is 0 Å². The summed E-state index contributed by atoms with van der Waals surface area (Å²) in [5.74, 6) is 0.0151. The van der Waals surface area contributed by atoms with Crippen molar-refractivity contribution in [2.45, 2.75) is 18.1 Å². The Kier molecular flexibility index (Phi) is 7.23. The third-order valence-electron chi connectivity index (χ3n) is 3.33. The van der Waals surface area contributed by atoms with Gasteiger partial charge in [0.05, 0.1) is 23.3 Å². The number of carbonyl (C=O) groups excluding carboxylic acids is 1. The molecule has 0 radical (unpaired) electrons. The van der Waals surface area contributed by atoms with Crippen LogP contribution >= 0.6 is 11.8 Å². The highest BCUT2D eigenvalue weighted by Gasteiger charge is 2.12. The van der Waals surface area contributed by atoms with Crippen molar-refractivity contribution >= 4 is 28.6 Å². The molecule has 0 aliphatic rings. The Morgan fingerprint density at radius 3 is 2.96 bits per heavy atom. The van der Waals surface area contributed by atoms with Crippen LogP contribution in [0.25, 0.3) is 10.9 Å². The van der Waals surface area contributed by atoms with Gasteiger partial charge in [0.25, 0.3) is 5.56 Å². The van der Waals surface area contributed by atoms with Crippen molar-refractivity contribution in [2.24, 2.45) is 0 Å². The molecule has 8 heteroatoms. The van der Waals surface area contributed by atoms with E-state index >= 15 is 0 Å². The fourth-order valence-corrected chi connectivity index (χ4v) is 3.01. The van der Waals surface area contributed by atoms with Crippen molar-refractivity contribution < 1.29 is 14.6 Å². The van der Waals surface area contributed by atoms with Crippen LogP contribution in [-0.4, -0.2) is 53.2 Å². The summed E-state index contributed by atoms with van der Waals surface area (Å²) in [5, 5.41) is 12.8. The first-order valence-electron chi connectivity index (χ1n) is 7.66. The molecule has 2 rings (SSSR count). The molecule has 0 aliphatic heterocycles. The summed E-state index contributed by atoms with van der Waals surface area (Å²) < 4.78 is 6.40. The molecule has 1 aromatic carbocycles. The molecule has 0 atom stereocenters. The van der Waals surface area contributed by atoms with Crippen molar-refractivity contribution in [2.75, 3.05) is 32.6 Å².